The van der Waals surface area contributed by atoms with Crippen molar-refractivity contribution in [3.05, 3.63) is 63.2 Å². The van der Waals surface area contributed by atoms with Crippen LogP contribution in [0.3, 0.4) is 0 Å². The van der Waals surface area contributed by atoms with Crippen LogP contribution in [-0.2, 0) is 9.53 Å². The highest BCUT2D eigenvalue weighted by Gasteiger charge is 2.16. The van der Waals surface area contributed by atoms with Crippen molar-refractivity contribution in [2.75, 3.05) is 19.0 Å². The summed E-state index contributed by atoms with van der Waals surface area (Å²) in [6.45, 7) is 3.13. The Balaban J connectivity index is 2.05. The number of aryl methyl sites for hydroxylation is 1. The number of nitro benzene ring substituents is 1. The van der Waals surface area contributed by atoms with Gasteiger partial charge < -0.3 is 14.8 Å². The summed E-state index contributed by atoms with van der Waals surface area (Å²) in [6, 6.07) is 9.01. The Kier molecular flexibility index (Phi) is 5.90. The van der Waals surface area contributed by atoms with Gasteiger partial charge in [-0.15, -0.1) is 0 Å². The molecule has 8 nitrogen and oxygen atoms in total. The lowest BCUT2D eigenvalue weighted by Gasteiger charge is -2.11. The normalized spacial score (nSPS) is 10.1. The first kappa shape index (κ1) is 18.9. The number of nitro groups is 1. The lowest BCUT2D eigenvalue weighted by atomic mass is 10.0. The van der Waals surface area contributed by atoms with Gasteiger partial charge in [0.05, 0.1) is 23.3 Å². The molecule has 0 heterocycles. The van der Waals surface area contributed by atoms with Crippen molar-refractivity contribution >= 4 is 23.3 Å². The summed E-state index contributed by atoms with van der Waals surface area (Å²) >= 11 is 0. The Morgan fingerprint density at radius 3 is 2.58 bits per heavy atom. The maximum Gasteiger partial charge on any atom is 0.338 e. The SMILES string of the molecule is COc1ccc([N+](=O)[O-])cc1NC(=O)COC(=O)c1cccc(C)c1C. The first-order chi connectivity index (χ1) is 12.3. The van der Waals surface area contributed by atoms with Crippen LogP contribution >= 0.6 is 0 Å². The molecular weight excluding hydrogens is 340 g/mol. The standard InChI is InChI=1S/C18H18N2O6/c1-11-5-4-6-14(12(11)2)18(22)26-10-17(21)19-15-9-13(20(23)24)7-8-16(15)25-3/h4-9H,10H2,1-3H3,(H,19,21). The van der Waals surface area contributed by atoms with Gasteiger partial charge in [0, 0.05) is 12.1 Å². The van der Waals surface area contributed by atoms with Crippen LogP contribution in [0.2, 0.25) is 0 Å². The monoisotopic (exact) mass is 358 g/mol. The molecule has 0 radical (unpaired) electrons. The smallest absolute Gasteiger partial charge is 0.338 e. The largest absolute Gasteiger partial charge is 0.495 e. The van der Waals surface area contributed by atoms with E-state index in [4.69, 9.17) is 9.47 Å². The number of esters is 1. The summed E-state index contributed by atoms with van der Waals surface area (Å²) in [5, 5.41) is 13.3. The zero-order valence-corrected chi connectivity index (χ0v) is 14.6. The number of carbonyl (C=O) groups excluding carboxylic acids is 2. The minimum atomic E-state index is -0.637. The molecule has 0 bridgehead atoms. The van der Waals surface area contributed by atoms with Crippen molar-refractivity contribution in [1.82, 2.24) is 0 Å². The third-order valence-corrected chi connectivity index (χ3v) is 3.83. The fourth-order valence-electron chi connectivity index (χ4n) is 2.27. The van der Waals surface area contributed by atoms with Gasteiger partial charge in [-0.25, -0.2) is 4.79 Å². The average Bonchev–Trinajstić information content (AvgIpc) is 2.61. The fourth-order valence-corrected chi connectivity index (χ4v) is 2.27. The molecule has 2 aromatic carbocycles. The molecule has 0 spiro atoms. The van der Waals surface area contributed by atoms with Gasteiger partial charge in [-0.1, -0.05) is 12.1 Å². The van der Waals surface area contributed by atoms with Crippen LogP contribution in [0.25, 0.3) is 0 Å². The van der Waals surface area contributed by atoms with Crippen LogP contribution in [-0.4, -0.2) is 30.5 Å². The number of ether oxygens (including phenoxy) is 2. The van der Waals surface area contributed by atoms with Gasteiger partial charge in [0.25, 0.3) is 11.6 Å². The van der Waals surface area contributed by atoms with Crippen LogP contribution in [0.4, 0.5) is 11.4 Å². The van der Waals surface area contributed by atoms with Gasteiger partial charge >= 0.3 is 5.97 Å². The van der Waals surface area contributed by atoms with Gasteiger partial charge in [0.1, 0.15) is 5.75 Å². The maximum absolute atomic E-state index is 12.1. The number of hydrogen-bond donors (Lipinski definition) is 1. The highest BCUT2D eigenvalue weighted by atomic mass is 16.6. The van der Waals surface area contributed by atoms with Crippen LogP contribution in [0.15, 0.2) is 36.4 Å². The van der Waals surface area contributed by atoms with Crippen molar-refractivity contribution in [3.63, 3.8) is 0 Å². The third kappa shape index (κ3) is 4.35. The average molecular weight is 358 g/mol. The summed E-state index contributed by atoms with van der Waals surface area (Å²) in [4.78, 5) is 34.4. The summed E-state index contributed by atoms with van der Waals surface area (Å²) < 4.78 is 10.1. The Morgan fingerprint density at radius 2 is 1.92 bits per heavy atom. The predicted molar refractivity (Wildman–Crippen MR) is 94.5 cm³/mol. The Morgan fingerprint density at radius 1 is 1.19 bits per heavy atom. The predicted octanol–water partition coefficient (Wildman–Crippen LogP) is 3.02. The molecule has 2 rings (SSSR count). The maximum atomic E-state index is 12.1. The first-order valence-corrected chi connectivity index (χ1v) is 7.69. The summed E-state index contributed by atoms with van der Waals surface area (Å²) in [7, 11) is 1.37. The van der Waals surface area contributed by atoms with Crippen LogP contribution in [0.1, 0.15) is 21.5 Å². The summed E-state index contributed by atoms with van der Waals surface area (Å²) in [5.74, 6) is -1.00. The molecule has 0 atom stereocenters. The zero-order chi connectivity index (χ0) is 19.3. The van der Waals surface area contributed by atoms with Crippen molar-refractivity contribution in [2.45, 2.75) is 13.8 Å². The molecule has 0 aromatic heterocycles. The molecule has 0 fully saturated rings. The van der Waals surface area contributed by atoms with E-state index in [0.717, 1.165) is 11.1 Å². The van der Waals surface area contributed by atoms with E-state index < -0.39 is 23.4 Å². The number of carbonyl (C=O) groups is 2. The second-order valence-corrected chi connectivity index (χ2v) is 5.51. The Hall–Kier alpha value is -3.42. The number of nitrogens with zero attached hydrogens (tertiary/aromatic N) is 1. The number of nitrogens with one attached hydrogen (secondary N) is 1. The molecule has 2 aromatic rings. The summed E-state index contributed by atoms with van der Waals surface area (Å²) in [6.07, 6.45) is 0. The van der Waals surface area contributed by atoms with Gasteiger partial charge in [-0.3, -0.25) is 14.9 Å². The molecule has 1 amide bonds. The topological polar surface area (TPSA) is 108 Å². The minimum Gasteiger partial charge on any atom is -0.495 e. The summed E-state index contributed by atoms with van der Waals surface area (Å²) in [5.41, 5.74) is 2.01. The molecule has 136 valence electrons. The van der Waals surface area contributed by atoms with E-state index in [0.29, 0.717) is 5.56 Å². The first-order valence-electron chi connectivity index (χ1n) is 7.69. The number of benzene rings is 2. The van der Waals surface area contributed by atoms with Crippen LogP contribution < -0.4 is 10.1 Å². The highest BCUT2D eigenvalue weighted by molar-refractivity contribution is 5.97. The van der Waals surface area contributed by atoms with Crippen molar-refractivity contribution in [2.24, 2.45) is 0 Å². The number of anilines is 1. The fraction of sp³-hybridized carbons (Fsp3) is 0.222. The van der Waals surface area contributed by atoms with Crippen molar-refractivity contribution < 1.29 is 24.0 Å². The Bertz CT molecular complexity index is 863. The van der Waals surface area contributed by atoms with E-state index in [9.17, 15) is 19.7 Å². The van der Waals surface area contributed by atoms with E-state index in [2.05, 4.69) is 5.32 Å². The molecule has 26 heavy (non-hydrogen) atoms. The van der Waals surface area contributed by atoms with Crippen molar-refractivity contribution in [3.8, 4) is 5.75 Å². The zero-order valence-electron chi connectivity index (χ0n) is 14.6. The quantitative estimate of drug-likeness (QED) is 0.483. The van der Waals surface area contributed by atoms with E-state index in [-0.39, 0.29) is 17.1 Å². The molecule has 1 N–H and O–H groups in total. The van der Waals surface area contributed by atoms with Gasteiger partial charge in [-0.2, -0.15) is 0 Å². The number of hydrogen-bond acceptors (Lipinski definition) is 6. The van der Waals surface area contributed by atoms with Gasteiger partial charge in [0.2, 0.25) is 0 Å². The molecule has 0 aliphatic carbocycles. The number of methoxy groups -OCH3 is 1. The second-order valence-electron chi connectivity index (χ2n) is 5.51. The molecule has 0 saturated carbocycles. The van der Waals surface area contributed by atoms with E-state index in [1.165, 1.54) is 25.3 Å². The van der Waals surface area contributed by atoms with E-state index in [1.807, 2.05) is 13.0 Å². The number of amides is 1. The molecule has 0 aliphatic heterocycles. The number of rotatable bonds is 6. The number of non-ortho nitro benzene ring substituents is 1. The molecule has 0 saturated heterocycles. The Labute approximate surface area is 149 Å². The van der Waals surface area contributed by atoms with Crippen LogP contribution in [0, 0.1) is 24.0 Å². The lowest BCUT2D eigenvalue weighted by Crippen LogP contribution is -2.21. The molecule has 0 unspecified atom stereocenters. The van der Waals surface area contributed by atoms with Gasteiger partial charge in [0.15, 0.2) is 6.61 Å². The molecular formula is C18H18N2O6. The van der Waals surface area contributed by atoms with Crippen LogP contribution in [0.5, 0.6) is 5.75 Å². The molecule has 0 aliphatic rings. The van der Waals surface area contributed by atoms with Crippen molar-refractivity contribution in [1.29, 1.82) is 0 Å². The molecule has 8 heteroatoms. The third-order valence-electron chi connectivity index (χ3n) is 3.83. The lowest BCUT2D eigenvalue weighted by molar-refractivity contribution is -0.384. The minimum absolute atomic E-state index is 0.120. The highest BCUT2D eigenvalue weighted by Crippen LogP contribution is 2.28. The second kappa shape index (κ2) is 8.11. The van der Waals surface area contributed by atoms with E-state index >= 15 is 0 Å². The van der Waals surface area contributed by atoms with E-state index in [1.54, 1.807) is 19.1 Å². The van der Waals surface area contributed by atoms with Gasteiger partial charge in [-0.05, 0) is 37.1 Å².